The van der Waals surface area contributed by atoms with Gasteiger partial charge >= 0.3 is 0 Å². The van der Waals surface area contributed by atoms with Crippen molar-refractivity contribution in [2.75, 3.05) is 12.3 Å². The summed E-state index contributed by atoms with van der Waals surface area (Å²) in [5.74, 6) is 0.984. The maximum atomic E-state index is 6.11. The predicted molar refractivity (Wildman–Crippen MR) is 71.8 cm³/mol. The van der Waals surface area contributed by atoms with Crippen LogP contribution in [0.5, 0.6) is 0 Å². The van der Waals surface area contributed by atoms with Crippen LogP contribution in [0.2, 0.25) is 5.02 Å². The number of nitrogens with two attached hydrogens (primary N) is 1. The first kappa shape index (κ1) is 12.4. The fourth-order valence-corrected chi connectivity index (χ4v) is 2.48. The highest BCUT2D eigenvalue weighted by Gasteiger charge is 2.20. The first-order valence-electron chi connectivity index (χ1n) is 6.22. The quantitative estimate of drug-likeness (QED) is 0.875. The molecule has 2 aromatic rings. The van der Waals surface area contributed by atoms with Crippen LogP contribution in [0, 0.1) is 0 Å². The summed E-state index contributed by atoms with van der Waals surface area (Å²) >= 11 is 6.11. The highest BCUT2D eigenvalue weighted by Crippen LogP contribution is 2.32. The smallest absolute Gasteiger partial charge is 0.261 e. The van der Waals surface area contributed by atoms with E-state index in [0.29, 0.717) is 34.4 Å². The van der Waals surface area contributed by atoms with Gasteiger partial charge in [-0.15, -0.1) is 0 Å². The van der Waals surface area contributed by atoms with E-state index < -0.39 is 0 Å². The van der Waals surface area contributed by atoms with Crippen LogP contribution < -0.4 is 5.73 Å². The van der Waals surface area contributed by atoms with E-state index in [2.05, 4.69) is 10.1 Å². The van der Waals surface area contributed by atoms with E-state index in [1.807, 2.05) is 0 Å². The van der Waals surface area contributed by atoms with E-state index in [-0.39, 0.29) is 6.10 Å². The lowest BCUT2D eigenvalue weighted by atomic mass is 10.1. The van der Waals surface area contributed by atoms with Crippen molar-refractivity contribution < 1.29 is 9.26 Å². The number of hydrogen-bond acceptors (Lipinski definition) is 5. The van der Waals surface area contributed by atoms with Gasteiger partial charge in [-0.05, 0) is 25.0 Å². The topological polar surface area (TPSA) is 74.2 Å². The van der Waals surface area contributed by atoms with E-state index >= 15 is 0 Å². The predicted octanol–water partition coefficient (Wildman–Crippen LogP) is 2.69. The molecule has 1 aliphatic heterocycles. The van der Waals surface area contributed by atoms with Crippen molar-refractivity contribution in [3.8, 4) is 11.5 Å². The van der Waals surface area contributed by atoms with Gasteiger partial charge in [0, 0.05) is 18.7 Å². The molecule has 1 unspecified atom stereocenters. The first-order chi connectivity index (χ1) is 9.24. The minimum atomic E-state index is 0.189. The maximum Gasteiger partial charge on any atom is 0.261 e. The molecule has 1 aromatic carbocycles. The molecule has 0 amide bonds. The molecule has 1 aliphatic rings. The Hall–Kier alpha value is -1.59. The third kappa shape index (κ3) is 2.57. The Morgan fingerprint density at radius 2 is 2.32 bits per heavy atom. The number of aromatic nitrogens is 2. The van der Waals surface area contributed by atoms with Gasteiger partial charge in [0.1, 0.15) is 0 Å². The third-order valence-corrected chi connectivity index (χ3v) is 3.48. The van der Waals surface area contributed by atoms with Crippen LogP contribution in [0.15, 0.2) is 22.7 Å². The molecule has 2 heterocycles. The molecule has 0 aliphatic carbocycles. The Bertz CT molecular complexity index is 559. The monoisotopic (exact) mass is 279 g/mol. The molecule has 2 N–H and O–H groups in total. The second-order valence-corrected chi connectivity index (χ2v) is 4.97. The normalized spacial score (nSPS) is 18.9. The highest BCUT2D eigenvalue weighted by molar-refractivity contribution is 6.33. The van der Waals surface area contributed by atoms with Gasteiger partial charge in [0.2, 0.25) is 0 Å². The molecule has 19 heavy (non-hydrogen) atoms. The lowest BCUT2D eigenvalue weighted by Crippen LogP contribution is -2.09. The Kier molecular flexibility index (Phi) is 3.40. The number of rotatable bonds is 3. The van der Waals surface area contributed by atoms with E-state index in [4.69, 9.17) is 26.6 Å². The molecule has 6 heteroatoms. The minimum Gasteiger partial charge on any atom is -0.398 e. The van der Waals surface area contributed by atoms with Crippen molar-refractivity contribution in [2.45, 2.75) is 25.4 Å². The summed E-state index contributed by atoms with van der Waals surface area (Å²) in [7, 11) is 0. The number of ether oxygens (including phenoxy) is 1. The zero-order chi connectivity index (χ0) is 13.2. The zero-order valence-electron chi connectivity index (χ0n) is 10.3. The van der Waals surface area contributed by atoms with Crippen LogP contribution in [-0.4, -0.2) is 22.9 Å². The molecule has 100 valence electrons. The molecule has 0 saturated carbocycles. The van der Waals surface area contributed by atoms with Crippen molar-refractivity contribution in [2.24, 2.45) is 0 Å². The van der Waals surface area contributed by atoms with Crippen LogP contribution in [0.25, 0.3) is 11.5 Å². The van der Waals surface area contributed by atoms with Gasteiger partial charge in [-0.25, -0.2) is 0 Å². The molecule has 3 rings (SSSR count). The summed E-state index contributed by atoms with van der Waals surface area (Å²) < 4.78 is 10.8. The van der Waals surface area contributed by atoms with Crippen LogP contribution in [-0.2, 0) is 11.2 Å². The SMILES string of the molecule is Nc1cccc(Cl)c1-c1nc(CC2CCCO2)no1. The fraction of sp³-hybridized carbons (Fsp3) is 0.385. The van der Waals surface area contributed by atoms with Gasteiger partial charge in [-0.3, -0.25) is 0 Å². The van der Waals surface area contributed by atoms with E-state index in [0.717, 1.165) is 19.4 Å². The maximum absolute atomic E-state index is 6.11. The Morgan fingerprint density at radius 3 is 3.05 bits per heavy atom. The standard InChI is InChI=1S/C13H14ClN3O2/c14-9-4-1-5-10(15)12(9)13-16-11(17-19-13)7-8-3-2-6-18-8/h1,4-5,8H,2-3,6-7,15H2. The lowest BCUT2D eigenvalue weighted by molar-refractivity contribution is 0.109. The van der Waals surface area contributed by atoms with Crippen molar-refractivity contribution in [3.63, 3.8) is 0 Å². The molecule has 1 saturated heterocycles. The van der Waals surface area contributed by atoms with Gasteiger partial charge in [0.25, 0.3) is 5.89 Å². The summed E-state index contributed by atoms with van der Waals surface area (Å²) in [4.78, 5) is 4.34. The third-order valence-electron chi connectivity index (χ3n) is 3.16. The minimum absolute atomic E-state index is 0.189. The van der Waals surface area contributed by atoms with E-state index in [9.17, 15) is 0 Å². The van der Waals surface area contributed by atoms with Crippen molar-refractivity contribution in [3.05, 3.63) is 29.0 Å². The molecule has 1 atom stereocenters. The average molecular weight is 280 g/mol. The largest absolute Gasteiger partial charge is 0.398 e. The summed E-state index contributed by atoms with van der Waals surface area (Å²) in [5, 5.41) is 4.46. The molecule has 5 nitrogen and oxygen atoms in total. The van der Waals surface area contributed by atoms with Crippen LogP contribution in [0.4, 0.5) is 5.69 Å². The van der Waals surface area contributed by atoms with Gasteiger partial charge in [0.05, 0.1) is 16.7 Å². The summed E-state index contributed by atoms with van der Waals surface area (Å²) in [6.45, 7) is 0.812. The molecule has 0 radical (unpaired) electrons. The highest BCUT2D eigenvalue weighted by atomic mass is 35.5. The van der Waals surface area contributed by atoms with Gasteiger partial charge in [-0.2, -0.15) is 4.98 Å². The number of anilines is 1. The Balaban J connectivity index is 1.84. The molecule has 0 bridgehead atoms. The van der Waals surface area contributed by atoms with Gasteiger partial charge in [-0.1, -0.05) is 22.8 Å². The molecule has 1 aromatic heterocycles. The summed E-state index contributed by atoms with van der Waals surface area (Å²) in [5.41, 5.74) is 7.01. The van der Waals surface area contributed by atoms with Crippen LogP contribution >= 0.6 is 11.6 Å². The van der Waals surface area contributed by atoms with Gasteiger partial charge in [0.15, 0.2) is 5.82 Å². The number of halogens is 1. The van der Waals surface area contributed by atoms with Crippen molar-refractivity contribution in [1.29, 1.82) is 0 Å². The molecule has 1 fully saturated rings. The van der Waals surface area contributed by atoms with Gasteiger partial charge < -0.3 is 15.0 Å². The second-order valence-electron chi connectivity index (χ2n) is 4.56. The molecular formula is C13H14ClN3O2. The summed E-state index contributed by atoms with van der Waals surface area (Å²) in [6, 6.07) is 5.28. The van der Waals surface area contributed by atoms with Crippen LogP contribution in [0.1, 0.15) is 18.7 Å². The number of benzene rings is 1. The zero-order valence-corrected chi connectivity index (χ0v) is 11.1. The van der Waals surface area contributed by atoms with E-state index in [1.165, 1.54) is 0 Å². The first-order valence-corrected chi connectivity index (χ1v) is 6.60. The van der Waals surface area contributed by atoms with E-state index in [1.54, 1.807) is 18.2 Å². The summed E-state index contributed by atoms with van der Waals surface area (Å²) in [6.07, 6.45) is 2.98. The second kappa shape index (κ2) is 5.19. The number of nitrogen functional groups attached to an aromatic ring is 1. The lowest BCUT2D eigenvalue weighted by Gasteiger charge is -2.04. The van der Waals surface area contributed by atoms with Crippen molar-refractivity contribution >= 4 is 17.3 Å². The molecule has 0 spiro atoms. The van der Waals surface area contributed by atoms with Crippen LogP contribution in [0.3, 0.4) is 0 Å². The average Bonchev–Trinajstić information content (AvgIpc) is 3.02. The molecular weight excluding hydrogens is 266 g/mol. The Labute approximate surface area is 115 Å². The number of nitrogens with zero attached hydrogens (tertiary/aromatic N) is 2. The fourth-order valence-electron chi connectivity index (χ4n) is 2.21. The van der Waals surface area contributed by atoms with Crippen molar-refractivity contribution in [1.82, 2.24) is 10.1 Å². The number of hydrogen-bond donors (Lipinski definition) is 1. The Morgan fingerprint density at radius 1 is 1.42 bits per heavy atom.